The van der Waals surface area contributed by atoms with Crippen molar-refractivity contribution in [2.75, 3.05) is 13.2 Å². The van der Waals surface area contributed by atoms with E-state index in [4.69, 9.17) is 9.15 Å². The number of ether oxygens (including phenoxy) is 1. The number of rotatable bonds is 6. The Labute approximate surface area is 115 Å². The highest BCUT2D eigenvalue weighted by molar-refractivity contribution is 5.77. The molecule has 0 spiro atoms. The van der Waals surface area contributed by atoms with E-state index in [9.17, 15) is 14.3 Å². The summed E-state index contributed by atoms with van der Waals surface area (Å²) in [6.45, 7) is -0.515. The fraction of sp³-hybridized carbons (Fsp3) is 0.214. The molecule has 1 heterocycles. The molecule has 2 rings (SSSR count). The fourth-order valence-corrected chi connectivity index (χ4v) is 1.61. The van der Waals surface area contributed by atoms with Crippen LogP contribution in [0.4, 0.5) is 4.39 Å². The number of hydrogen-bond acceptors (Lipinski definition) is 4. The van der Waals surface area contributed by atoms with Crippen LogP contribution in [0.25, 0.3) is 0 Å². The molecule has 2 N–H and O–H groups in total. The Hall–Kier alpha value is -2.34. The topological polar surface area (TPSA) is 71.7 Å². The zero-order valence-electron chi connectivity index (χ0n) is 10.6. The molecule has 0 saturated carbocycles. The van der Waals surface area contributed by atoms with Gasteiger partial charge in [0.05, 0.1) is 12.9 Å². The number of furan rings is 1. The molecule has 0 bridgehead atoms. The van der Waals surface area contributed by atoms with Crippen LogP contribution in [0.2, 0.25) is 0 Å². The largest absolute Gasteiger partial charge is 0.484 e. The molecule has 1 unspecified atom stereocenters. The van der Waals surface area contributed by atoms with Crippen LogP contribution in [0, 0.1) is 5.82 Å². The van der Waals surface area contributed by atoms with Crippen LogP contribution in [-0.2, 0) is 4.79 Å². The predicted molar refractivity (Wildman–Crippen MR) is 68.6 cm³/mol. The summed E-state index contributed by atoms with van der Waals surface area (Å²) in [7, 11) is 0. The lowest BCUT2D eigenvalue weighted by atomic mass is 10.2. The van der Waals surface area contributed by atoms with Gasteiger partial charge in [0.15, 0.2) is 6.61 Å². The van der Waals surface area contributed by atoms with Gasteiger partial charge < -0.3 is 19.6 Å². The SMILES string of the molecule is O=C(COc1ccc(F)cc1)NC(CO)c1ccco1. The van der Waals surface area contributed by atoms with E-state index in [1.54, 1.807) is 12.1 Å². The predicted octanol–water partition coefficient (Wildman–Crippen LogP) is 1.65. The van der Waals surface area contributed by atoms with Crippen molar-refractivity contribution in [2.24, 2.45) is 0 Å². The summed E-state index contributed by atoms with van der Waals surface area (Å²) >= 11 is 0. The first-order valence-electron chi connectivity index (χ1n) is 6.01. The highest BCUT2D eigenvalue weighted by Crippen LogP contribution is 2.13. The second-order valence-electron chi connectivity index (χ2n) is 4.06. The summed E-state index contributed by atoms with van der Waals surface area (Å²) in [5.41, 5.74) is 0. The molecule has 1 amide bonds. The van der Waals surface area contributed by atoms with Crippen LogP contribution in [0.5, 0.6) is 5.75 Å². The quantitative estimate of drug-likeness (QED) is 0.843. The van der Waals surface area contributed by atoms with Gasteiger partial charge in [-0.2, -0.15) is 0 Å². The number of nitrogens with one attached hydrogen (secondary N) is 1. The van der Waals surface area contributed by atoms with E-state index >= 15 is 0 Å². The van der Waals surface area contributed by atoms with Crippen LogP contribution in [0.3, 0.4) is 0 Å². The summed E-state index contributed by atoms with van der Waals surface area (Å²) in [6.07, 6.45) is 1.46. The van der Waals surface area contributed by atoms with Gasteiger partial charge in [-0.1, -0.05) is 0 Å². The molecule has 0 aliphatic carbocycles. The first-order chi connectivity index (χ1) is 9.69. The summed E-state index contributed by atoms with van der Waals surface area (Å²) in [5.74, 6) is 0.0625. The molecule has 1 aromatic carbocycles. The summed E-state index contributed by atoms with van der Waals surface area (Å²) in [4.78, 5) is 11.7. The molecule has 0 aliphatic heterocycles. The maximum Gasteiger partial charge on any atom is 0.258 e. The summed E-state index contributed by atoms with van der Waals surface area (Å²) < 4.78 is 23.0. The number of halogens is 1. The van der Waals surface area contributed by atoms with Crippen molar-refractivity contribution in [1.29, 1.82) is 0 Å². The molecule has 0 fully saturated rings. The number of amides is 1. The standard InChI is InChI=1S/C14H14FNO4/c15-10-3-5-11(6-4-10)20-9-14(18)16-12(8-17)13-2-1-7-19-13/h1-7,12,17H,8-9H2,(H,16,18). The molecule has 1 atom stereocenters. The van der Waals surface area contributed by atoms with E-state index in [1.807, 2.05) is 0 Å². The minimum Gasteiger partial charge on any atom is -0.484 e. The first kappa shape index (κ1) is 14.1. The van der Waals surface area contributed by atoms with E-state index in [1.165, 1.54) is 30.5 Å². The third-order valence-electron chi connectivity index (χ3n) is 2.59. The maximum atomic E-state index is 12.7. The van der Waals surface area contributed by atoms with E-state index in [2.05, 4.69) is 5.32 Å². The minimum absolute atomic E-state index is 0.233. The maximum absolute atomic E-state index is 12.7. The lowest BCUT2D eigenvalue weighted by molar-refractivity contribution is -0.124. The molecule has 106 valence electrons. The number of benzene rings is 1. The number of aliphatic hydroxyl groups is 1. The van der Waals surface area contributed by atoms with Crippen molar-refractivity contribution in [2.45, 2.75) is 6.04 Å². The minimum atomic E-state index is -0.616. The average Bonchev–Trinajstić information content (AvgIpc) is 2.98. The van der Waals surface area contributed by atoms with Crippen molar-refractivity contribution in [1.82, 2.24) is 5.32 Å². The van der Waals surface area contributed by atoms with E-state index in [0.717, 1.165) is 0 Å². The van der Waals surface area contributed by atoms with Crippen molar-refractivity contribution in [3.05, 3.63) is 54.2 Å². The van der Waals surface area contributed by atoms with Gasteiger partial charge in [0, 0.05) is 0 Å². The van der Waals surface area contributed by atoms with Crippen LogP contribution in [0.1, 0.15) is 11.8 Å². The normalized spacial score (nSPS) is 11.9. The number of aliphatic hydroxyl groups excluding tert-OH is 1. The van der Waals surface area contributed by atoms with E-state index < -0.39 is 11.9 Å². The average molecular weight is 279 g/mol. The van der Waals surface area contributed by atoms with Crippen LogP contribution < -0.4 is 10.1 Å². The molecule has 1 aromatic heterocycles. The van der Waals surface area contributed by atoms with E-state index in [-0.39, 0.29) is 19.0 Å². The number of carbonyl (C=O) groups excluding carboxylic acids is 1. The van der Waals surface area contributed by atoms with E-state index in [0.29, 0.717) is 11.5 Å². The molecule has 6 heteroatoms. The Kier molecular flexibility index (Phi) is 4.73. The fourth-order valence-electron chi connectivity index (χ4n) is 1.61. The van der Waals surface area contributed by atoms with Gasteiger partial charge in [-0.15, -0.1) is 0 Å². The first-order valence-corrected chi connectivity index (χ1v) is 6.01. The Morgan fingerprint density at radius 2 is 2.10 bits per heavy atom. The molecule has 0 radical (unpaired) electrons. The second-order valence-corrected chi connectivity index (χ2v) is 4.06. The molecular weight excluding hydrogens is 265 g/mol. The van der Waals surface area contributed by atoms with Crippen LogP contribution in [-0.4, -0.2) is 24.2 Å². The van der Waals surface area contributed by atoms with Crippen molar-refractivity contribution < 1.29 is 23.4 Å². The second kappa shape index (κ2) is 6.72. The van der Waals surface area contributed by atoms with Crippen LogP contribution in [0.15, 0.2) is 47.1 Å². The van der Waals surface area contributed by atoms with Gasteiger partial charge in [-0.25, -0.2) is 4.39 Å². The van der Waals surface area contributed by atoms with Gasteiger partial charge >= 0.3 is 0 Å². The Morgan fingerprint density at radius 1 is 1.35 bits per heavy atom. The molecule has 5 nitrogen and oxygen atoms in total. The Morgan fingerprint density at radius 3 is 2.70 bits per heavy atom. The molecule has 0 saturated heterocycles. The molecule has 20 heavy (non-hydrogen) atoms. The zero-order chi connectivity index (χ0) is 14.4. The Balaban J connectivity index is 1.84. The summed E-state index contributed by atoms with van der Waals surface area (Å²) in [5, 5.41) is 11.8. The van der Waals surface area contributed by atoms with Gasteiger partial charge in [0.25, 0.3) is 5.91 Å². The molecule has 0 aliphatic rings. The third-order valence-corrected chi connectivity index (χ3v) is 2.59. The third kappa shape index (κ3) is 3.83. The summed E-state index contributed by atoms with van der Waals surface area (Å²) in [6, 6.07) is 8.05. The van der Waals surface area contributed by atoms with Gasteiger partial charge in [0.2, 0.25) is 0 Å². The monoisotopic (exact) mass is 279 g/mol. The highest BCUT2D eigenvalue weighted by atomic mass is 19.1. The van der Waals surface area contributed by atoms with Crippen LogP contribution >= 0.6 is 0 Å². The smallest absolute Gasteiger partial charge is 0.258 e. The lowest BCUT2D eigenvalue weighted by Gasteiger charge is -2.14. The van der Waals surface area contributed by atoms with Crippen molar-refractivity contribution in [3.63, 3.8) is 0 Å². The zero-order valence-corrected chi connectivity index (χ0v) is 10.6. The van der Waals surface area contributed by atoms with Gasteiger partial charge in [-0.05, 0) is 36.4 Å². The van der Waals surface area contributed by atoms with Gasteiger partial charge in [0.1, 0.15) is 23.4 Å². The van der Waals surface area contributed by atoms with Crippen molar-refractivity contribution in [3.8, 4) is 5.75 Å². The molecule has 2 aromatic rings. The highest BCUT2D eigenvalue weighted by Gasteiger charge is 2.16. The Bertz CT molecular complexity index is 539. The molecular formula is C14H14FNO4. The van der Waals surface area contributed by atoms with Gasteiger partial charge in [-0.3, -0.25) is 4.79 Å². The number of hydrogen-bond donors (Lipinski definition) is 2. The van der Waals surface area contributed by atoms with Crippen molar-refractivity contribution >= 4 is 5.91 Å². The lowest BCUT2D eigenvalue weighted by Crippen LogP contribution is -2.34. The number of carbonyl (C=O) groups is 1.